The maximum Gasteiger partial charge on any atom is 0.256 e. The number of pyridine rings is 1. The second kappa shape index (κ2) is 12.3. The zero-order chi connectivity index (χ0) is 30.7. The fraction of sp³-hybridized carbons (Fsp3) is 0.414. The zero-order valence-electron chi connectivity index (χ0n) is 24.1. The molecular weight excluding hydrogens is 590 g/mol. The summed E-state index contributed by atoms with van der Waals surface area (Å²) in [6.07, 6.45) is 11.4. The van der Waals surface area contributed by atoms with Gasteiger partial charge < -0.3 is 15.5 Å². The molecule has 0 aromatic carbocycles. The number of alkyl halides is 2. The minimum Gasteiger partial charge on any atom is -0.370 e. The number of aryl methyl sites for hydroxylation is 1. The van der Waals surface area contributed by atoms with E-state index in [0.29, 0.717) is 54.5 Å². The van der Waals surface area contributed by atoms with Crippen molar-refractivity contribution in [3.05, 3.63) is 60.4 Å². The second-order valence-corrected chi connectivity index (χ2v) is 13.1. The van der Waals surface area contributed by atoms with Crippen LogP contribution in [-0.2, 0) is 17.1 Å². The molecule has 2 aliphatic rings. The number of nitrogens with zero attached hydrogens (tertiary/aromatic N) is 8. The summed E-state index contributed by atoms with van der Waals surface area (Å²) < 4.78 is 55.6. The molecule has 1 aliphatic carbocycles. The Morgan fingerprint density at radius 3 is 2.61 bits per heavy atom. The molecule has 6 rings (SSSR count). The number of rotatable bonds is 10. The van der Waals surface area contributed by atoms with Gasteiger partial charge in [-0.05, 0) is 18.9 Å². The van der Waals surface area contributed by atoms with E-state index < -0.39 is 22.4 Å². The summed E-state index contributed by atoms with van der Waals surface area (Å²) in [6.45, 7) is 0.612. The number of halogens is 2. The number of hydrogen-bond donors (Lipinski definition) is 2. The quantitative estimate of drug-likeness (QED) is 0.201. The molecule has 0 amide bonds. The Balaban J connectivity index is 1.24. The van der Waals surface area contributed by atoms with Gasteiger partial charge in [0.05, 0.1) is 46.2 Å². The number of aromatic nitrogens is 7. The Kier molecular flexibility index (Phi) is 8.28. The summed E-state index contributed by atoms with van der Waals surface area (Å²) >= 11 is 0. The van der Waals surface area contributed by atoms with Crippen LogP contribution in [0.2, 0.25) is 0 Å². The molecule has 0 spiro atoms. The lowest BCUT2D eigenvalue weighted by Gasteiger charge is -2.38. The first kappa shape index (κ1) is 29.6. The van der Waals surface area contributed by atoms with Gasteiger partial charge in [-0.2, -0.15) is 14.3 Å². The lowest BCUT2D eigenvalue weighted by atomic mass is 9.92. The number of anilines is 3. The average Bonchev–Trinajstić information content (AvgIpc) is 3.62. The van der Waals surface area contributed by atoms with E-state index in [1.54, 1.807) is 29.3 Å². The van der Waals surface area contributed by atoms with Crippen molar-refractivity contribution >= 4 is 27.3 Å². The van der Waals surface area contributed by atoms with E-state index >= 15 is 4.39 Å². The van der Waals surface area contributed by atoms with Crippen molar-refractivity contribution in [3.8, 4) is 23.2 Å². The lowest BCUT2D eigenvalue weighted by molar-refractivity contribution is 0.122. The summed E-state index contributed by atoms with van der Waals surface area (Å²) in [4.78, 5) is 15.5. The maximum atomic E-state index is 15.4. The van der Waals surface area contributed by atoms with Gasteiger partial charge >= 0.3 is 0 Å². The van der Waals surface area contributed by atoms with E-state index in [4.69, 9.17) is 0 Å². The molecule has 15 heteroatoms. The minimum absolute atomic E-state index is 0.114. The van der Waals surface area contributed by atoms with Crippen LogP contribution in [0.3, 0.4) is 0 Å². The molecule has 1 saturated heterocycles. The van der Waals surface area contributed by atoms with Gasteiger partial charge in [0.2, 0.25) is 0 Å². The highest BCUT2D eigenvalue weighted by atomic mass is 32.2. The number of piperidine rings is 1. The molecule has 1 aliphatic heterocycles. The van der Waals surface area contributed by atoms with Crippen molar-refractivity contribution in [1.29, 1.82) is 0 Å². The molecule has 0 bridgehead atoms. The van der Waals surface area contributed by atoms with Crippen LogP contribution in [0.15, 0.2) is 49.3 Å². The number of nitrogens with one attached hydrogen (secondary N) is 2. The molecule has 230 valence electrons. The molecule has 4 aromatic rings. The van der Waals surface area contributed by atoms with Gasteiger partial charge in [-0.25, -0.2) is 32.2 Å². The van der Waals surface area contributed by atoms with Crippen molar-refractivity contribution in [2.24, 2.45) is 7.05 Å². The molecule has 0 unspecified atom stereocenters. The van der Waals surface area contributed by atoms with Crippen LogP contribution in [0.25, 0.3) is 11.4 Å². The topological polar surface area (TPSA) is 136 Å². The molecule has 5 heterocycles. The zero-order valence-corrected chi connectivity index (χ0v) is 24.9. The van der Waals surface area contributed by atoms with E-state index in [0.717, 1.165) is 15.3 Å². The monoisotopic (exact) mass is 622 g/mol. The maximum absolute atomic E-state index is 15.4. The minimum atomic E-state index is -3.50. The van der Waals surface area contributed by atoms with Crippen LogP contribution < -0.4 is 15.5 Å². The van der Waals surface area contributed by atoms with E-state index in [1.807, 2.05) is 19.3 Å². The second-order valence-electron chi connectivity index (χ2n) is 11.0. The lowest BCUT2D eigenvalue weighted by Crippen LogP contribution is -2.47. The van der Waals surface area contributed by atoms with Crippen molar-refractivity contribution in [2.45, 2.75) is 36.6 Å². The highest BCUT2D eigenvalue weighted by Gasteiger charge is 2.38. The SMILES string of the molecule is Cn1cc(C#Cc2cnc(Nc3ccnc(-c4cnn(S(=O)(=O)C5CC5)c4)n3)cc2N2CCC(F)(CNCCF)CC2)cn1. The first-order chi connectivity index (χ1) is 21.2. The smallest absolute Gasteiger partial charge is 0.256 e. The Hall–Kier alpha value is -4.42. The normalized spacial score (nSPS) is 16.4. The first-order valence-corrected chi connectivity index (χ1v) is 15.8. The van der Waals surface area contributed by atoms with Gasteiger partial charge in [0.1, 0.15) is 24.0 Å². The molecule has 1 saturated carbocycles. The van der Waals surface area contributed by atoms with Gasteiger partial charge in [-0.15, -0.1) is 0 Å². The molecule has 2 N–H and O–H groups in total. The Morgan fingerprint density at radius 2 is 1.89 bits per heavy atom. The predicted molar refractivity (Wildman–Crippen MR) is 161 cm³/mol. The highest BCUT2D eigenvalue weighted by molar-refractivity contribution is 7.90. The fourth-order valence-electron chi connectivity index (χ4n) is 4.98. The third-order valence-electron chi connectivity index (χ3n) is 7.58. The third-order valence-corrected chi connectivity index (χ3v) is 9.61. The standard InChI is InChI=1S/C29H32F2N10O2S/c1-39-18-21(15-35-39)2-3-22-16-34-27(14-25(22)40-12-7-29(31,8-13-40)20-32-11-9-30)37-26-6-10-33-28(38-26)23-17-36-41(19-23)44(42,43)24-4-5-24/h6,10,14-19,24,32H,4-5,7-9,11-13,20H2,1H3,(H,33,34,37,38). The van der Waals surface area contributed by atoms with Crippen LogP contribution in [-0.4, -0.2) is 86.1 Å². The Morgan fingerprint density at radius 1 is 1.07 bits per heavy atom. The predicted octanol–water partition coefficient (Wildman–Crippen LogP) is 2.82. The van der Waals surface area contributed by atoms with E-state index in [9.17, 15) is 12.8 Å². The van der Waals surface area contributed by atoms with Gasteiger partial charge in [0.25, 0.3) is 10.0 Å². The molecule has 44 heavy (non-hydrogen) atoms. The van der Waals surface area contributed by atoms with Gasteiger partial charge in [0.15, 0.2) is 5.82 Å². The van der Waals surface area contributed by atoms with Crippen LogP contribution in [0.1, 0.15) is 36.8 Å². The summed E-state index contributed by atoms with van der Waals surface area (Å²) in [6, 6.07) is 3.52. The molecule has 4 aromatic heterocycles. The fourth-order valence-corrected chi connectivity index (χ4v) is 6.45. The van der Waals surface area contributed by atoms with E-state index in [2.05, 4.69) is 52.5 Å². The van der Waals surface area contributed by atoms with Gasteiger partial charge in [-0.3, -0.25) is 4.68 Å². The van der Waals surface area contributed by atoms with E-state index in [-0.39, 0.29) is 31.2 Å². The van der Waals surface area contributed by atoms with Crippen LogP contribution in [0.4, 0.5) is 26.1 Å². The highest BCUT2D eigenvalue weighted by Crippen LogP contribution is 2.33. The Labute approximate surface area is 254 Å². The van der Waals surface area contributed by atoms with Gasteiger partial charge in [0, 0.05) is 70.7 Å². The molecule has 2 fully saturated rings. The molecule has 12 nitrogen and oxygen atoms in total. The average molecular weight is 623 g/mol. The molecule has 0 atom stereocenters. The van der Waals surface area contributed by atoms with Crippen LogP contribution in [0, 0.1) is 11.8 Å². The Bertz CT molecular complexity index is 1800. The largest absolute Gasteiger partial charge is 0.370 e. The summed E-state index contributed by atoms with van der Waals surface area (Å²) in [5, 5.41) is 13.9. The van der Waals surface area contributed by atoms with Crippen LogP contribution >= 0.6 is 0 Å². The van der Waals surface area contributed by atoms with E-state index in [1.165, 1.54) is 12.4 Å². The molecule has 0 radical (unpaired) electrons. The van der Waals surface area contributed by atoms with Crippen molar-refractivity contribution in [1.82, 2.24) is 39.2 Å². The van der Waals surface area contributed by atoms with Gasteiger partial charge in [-0.1, -0.05) is 11.8 Å². The first-order valence-electron chi connectivity index (χ1n) is 14.3. The number of hydrogen-bond acceptors (Lipinski definition) is 10. The summed E-state index contributed by atoms with van der Waals surface area (Å²) in [5.41, 5.74) is 1.27. The summed E-state index contributed by atoms with van der Waals surface area (Å²) in [7, 11) is -1.69. The van der Waals surface area contributed by atoms with Crippen molar-refractivity contribution < 1.29 is 17.2 Å². The van der Waals surface area contributed by atoms with Crippen molar-refractivity contribution in [2.75, 3.05) is 43.1 Å². The van der Waals surface area contributed by atoms with Crippen LogP contribution in [0.5, 0.6) is 0 Å². The summed E-state index contributed by atoms with van der Waals surface area (Å²) in [5.74, 6) is 7.55. The third kappa shape index (κ3) is 6.71. The molecular formula is C29H32F2N10O2S. The van der Waals surface area contributed by atoms with Crippen molar-refractivity contribution in [3.63, 3.8) is 0 Å².